The van der Waals surface area contributed by atoms with Crippen LogP contribution in [0.15, 0.2) is 60.7 Å². The Bertz CT molecular complexity index is 687. The maximum atomic E-state index is 10.7. The summed E-state index contributed by atoms with van der Waals surface area (Å²) in [5, 5.41) is 1.82. The number of rotatable bonds is 8. The second kappa shape index (κ2) is 8.23. The molecule has 9 heteroatoms. The van der Waals surface area contributed by atoms with Gasteiger partial charge in [0.1, 0.15) is 0 Å². The molecule has 0 spiro atoms. The van der Waals surface area contributed by atoms with Crippen LogP contribution in [0, 0.1) is 0 Å². The Labute approximate surface area is 166 Å². The molecule has 0 aliphatic carbocycles. The molecule has 2 N–H and O–H groups in total. The van der Waals surface area contributed by atoms with E-state index in [0.29, 0.717) is 0 Å². The highest BCUT2D eigenvalue weighted by molar-refractivity contribution is 7.01. The number of hydrogen-bond acceptors (Lipinski definition) is 5. The zero-order chi connectivity index (χ0) is 20.3. The summed E-state index contributed by atoms with van der Waals surface area (Å²) >= 11 is 0. The van der Waals surface area contributed by atoms with E-state index in [2.05, 4.69) is 0 Å². The molecule has 0 radical (unpaired) electrons. The molecule has 0 unspecified atom stereocenters. The van der Waals surface area contributed by atoms with Crippen LogP contribution in [0.5, 0.6) is 0 Å². The molecule has 0 aliphatic heterocycles. The highest BCUT2D eigenvalue weighted by Crippen LogP contribution is 2.23. The minimum atomic E-state index is -3.26. The molecule has 2 aromatic rings. The Morgan fingerprint density at radius 1 is 0.556 bits per heavy atom. The summed E-state index contributed by atoms with van der Waals surface area (Å²) in [6.07, 6.45) is 0. The minimum absolute atomic E-state index is 0.910. The van der Waals surface area contributed by atoms with Crippen molar-refractivity contribution in [1.29, 1.82) is 0 Å². The van der Waals surface area contributed by atoms with Crippen molar-refractivity contribution in [2.24, 2.45) is 0 Å². The molecule has 2 rings (SSSR count). The Balaban J connectivity index is 2.65. The van der Waals surface area contributed by atoms with Crippen LogP contribution in [0.3, 0.4) is 0 Å². The van der Waals surface area contributed by atoms with Crippen LogP contribution in [0.25, 0.3) is 0 Å². The topological polar surface area (TPSA) is 68.2 Å². The lowest BCUT2D eigenvalue weighted by Gasteiger charge is -2.42. The van der Waals surface area contributed by atoms with Crippen LogP contribution in [0.2, 0.25) is 39.3 Å². The average molecular weight is 439 g/mol. The lowest BCUT2D eigenvalue weighted by molar-refractivity contribution is 0.287. The van der Waals surface area contributed by atoms with Crippen LogP contribution in [-0.2, 0) is 12.3 Å². The van der Waals surface area contributed by atoms with E-state index in [0.717, 1.165) is 10.4 Å². The van der Waals surface area contributed by atoms with E-state index in [1.54, 1.807) is 26.2 Å². The first-order valence-corrected chi connectivity index (χ1v) is 19.3. The summed E-state index contributed by atoms with van der Waals surface area (Å²) in [5.74, 6) is 0. The van der Waals surface area contributed by atoms with E-state index in [-0.39, 0.29) is 0 Å². The first-order chi connectivity index (χ1) is 12.3. The second-order valence-electron chi connectivity index (χ2n) is 7.95. The fourth-order valence-corrected chi connectivity index (χ4v) is 18.0. The lowest BCUT2D eigenvalue weighted by Crippen LogP contribution is -2.71. The standard InChI is InChI=1S/C18H30O5Si4/c1-24(2,19)21-26(5,6)23-27(22-25(3,4)20,17-13-9-7-10-14-17)18-15-11-8-12-16-18/h7-16,19-20H,1-6H3. The molecule has 0 saturated heterocycles. The smallest absolute Gasteiger partial charge is 0.389 e. The third-order valence-corrected chi connectivity index (χ3v) is 16.0. The van der Waals surface area contributed by atoms with E-state index in [9.17, 15) is 9.59 Å². The van der Waals surface area contributed by atoms with Gasteiger partial charge in [0, 0.05) is 0 Å². The molecule has 0 saturated carbocycles. The molecule has 0 aliphatic rings. The van der Waals surface area contributed by atoms with Gasteiger partial charge in [-0.25, -0.2) is 0 Å². The molecule has 5 nitrogen and oxygen atoms in total. The fraction of sp³-hybridized carbons (Fsp3) is 0.333. The molecule has 0 fully saturated rings. The van der Waals surface area contributed by atoms with E-state index in [1.165, 1.54) is 0 Å². The SMILES string of the molecule is C[Si](C)(O)O[Si](C)(C)O[Si](O[Si](C)(C)O)(c1ccccc1)c1ccccc1. The van der Waals surface area contributed by atoms with Crippen molar-refractivity contribution in [2.75, 3.05) is 0 Å². The zero-order valence-electron chi connectivity index (χ0n) is 16.9. The lowest BCUT2D eigenvalue weighted by atomic mass is 10.4. The Morgan fingerprint density at radius 3 is 1.26 bits per heavy atom. The van der Waals surface area contributed by atoms with Crippen molar-refractivity contribution in [1.82, 2.24) is 0 Å². The van der Waals surface area contributed by atoms with Gasteiger partial charge in [0.15, 0.2) is 0 Å². The monoisotopic (exact) mass is 438 g/mol. The average Bonchev–Trinajstić information content (AvgIpc) is 2.52. The number of hydrogen-bond donors (Lipinski definition) is 2. The third kappa shape index (κ3) is 6.59. The Kier molecular flexibility index (Phi) is 6.83. The van der Waals surface area contributed by atoms with Crippen molar-refractivity contribution in [3.05, 3.63) is 60.7 Å². The molecule has 2 aromatic carbocycles. The van der Waals surface area contributed by atoms with Crippen molar-refractivity contribution in [2.45, 2.75) is 39.3 Å². The van der Waals surface area contributed by atoms with E-state index in [1.807, 2.05) is 73.8 Å². The summed E-state index contributed by atoms with van der Waals surface area (Å²) in [6.45, 7) is 10.8. The van der Waals surface area contributed by atoms with Crippen LogP contribution in [0.1, 0.15) is 0 Å². The first kappa shape index (κ1) is 22.4. The maximum Gasteiger partial charge on any atom is 0.389 e. The van der Waals surface area contributed by atoms with Gasteiger partial charge in [-0.05, 0) is 49.7 Å². The van der Waals surface area contributed by atoms with E-state index in [4.69, 9.17) is 12.3 Å². The highest BCUT2D eigenvalue weighted by atomic mass is 28.5. The predicted octanol–water partition coefficient (Wildman–Crippen LogP) is 2.38. The molecule has 0 amide bonds. The van der Waals surface area contributed by atoms with Crippen LogP contribution in [0.4, 0.5) is 0 Å². The summed E-state index contributed by atoms with van der Waals surface area (Å²) in [4.78, 5) is 21.0. The van der Waals surface area contributed by atoms with Gasteiger partial charge in [-0.1, -0.05) is 60.7 Å². The molecular formula is C18H30O5Si4. The first-order valence-electron chi connectivity index (χ1n) is 8.99. The van der Waals surface area contributed by atoms with E-state index >= 15 is 0 Å². The third-order valence-electron chi connectivity index (χ3n) is 3.59. The zero-order valence-corrected chi connectivity index (χ0v) is 20.9. The van der Waals surface area contributed by atoms with Gasteiger partial charge in [0.2, 0.25) is 0 Å². The summed E-state index contributed by atoms with van der Waals surface area (Å²) in [7, 11) is -11.8. The molecule has 148 valence electrons. The molecule has 0 aromatic heterocycles. The Morgan fingerprint density at radius 2 is 0.926 bits per heavy atom. The van der Waals surface area contributed by atoms with Crippen molar-refractivity contribution in [3.8, 4) is 0 Å². The Hall–Kier alpha value is -0.892. The summed E-state index contributed by atoms with van der Waals surface area (Å²) in [6, 6.07) is 19.6. The summed E-state index contributed by atoms with van der Waals surface area (Å²) < 4.78 is 19.2. The van der Waals surface area contributed by atoms with Crippen LogP contribution < -0.4 is 10.4 Å². The second-order valence-corrected chi connectivity index (χ2v) is 21.4. The molecule has 27 heavy (non-hydrogen) atoms. The van der Waals surface area contributed by atoms with Crippen LogP contribution >= 0.6 is 0 Å². The van der Waals surface area contributed by atoms with Gasteiger partial charge in [0.05, 0.1) is 0 Å². The quantitative estimate of drug-likeness (QED) is 0.619. The van der Waals surface area contributed by atoms with Crippen molar-refractivity contribution < 1.29 is 21.9 Å². The highest BCUT2D eigenvalue weighted by Gasteiger charge is 2.52. The normalized spacial score (nSPS) is 13.6. The molecule has 0 bridgehead atoms. The largest absolute Gasteiger partial charge is 0.415 e. The van der Waals surface area contributed by atoms with Gasteiger partial charge >= 0.3 is 34.2 Å². The predicted molar refractivity (Wildman–Crippen MR) is 118 cm³/mol. The van der Waals surface area contributed by atoms with E-state index < -0.39 is 34.2 Å². The van der Waals surface area contributed by atoms with Crippen molar-refractivity contribution >= 4 is 44.6 Å². The number of benzene rings is 2. The fourth-order valence-electron chi connectivity index (χ4n) is 3.06. The van der Waals surface area contributed by atoms with Gasteiger partial charge in [-0.15, -0.1) is 0 Å². The molecular weight excluding hydrogens is 409 g/mol. The van der Waals surface area contributed by atoms with Gasteiger partial charge in [-0.2, -0.15) is 0 Å². The minimum Gasteiger partial charge on any atom is -0.415 e. The van der Waals surface area contributed by atoms with Gasteiger partial charge in [0.25, 0.3) is 0 Å². The molecule has 0 heterocycles. The maximum absolute atomic E-state index is 10.7. The van der Waals surface area contributed by atoms with Gasteiger partial charge in [-0.3, -0.25) is 0 Å². The van der Waals surface area contributed by atoms with Crippen LogP contribution in [-0.4, -0.2) is 43.8 Å². The molecule has 0 atom stereocenters. The van der Waals surface area contributed by atoms with Gasteiger partial charge < -0.3 is 21.9 Å². The summed E-state index contributed by atoms with van der Waals surface area (Å²) in [5.41, 5.74) is 0. The van der Waals surface area contributed by atoms with Crippen molar-refractivity contribution in [3.63, 3.8) is 0 Å².